The van der Waals surface area contributed by atoms with Gasteiger partial charge in [0.1, 0.15) is 8.07 Å². The van der Waals surface area contributed by atoms with Crippen LogP contribution < -0.4 is 10.4 Å². The lowest BCUT2D eigenvalue weighted by Gasteiger charge is -2.23. The van der Waals surface area contributed by atoms with Crippen LogP contribution >= 0.6 is 0 Å². The first kappa shape index (κ1) is 12.6. The molecule has 0 bridgehead atoms. The third-order valence-electron chi connectivity index (χ3n) is 3.33. The SMILES string of the molecule is C[Si](C)(c1ccccc1)c1cccc(C(=O)O)c1. The number of carbonyl (C=O) groups is 1. The third-order valence-corrected chi connectivity index (χ3v) is 6.86. The van der Waals surface area contributed by atoms with Gasteiger partial charge in [-0.15, -0.1) is 0 Å². The van der Waals surface area contributed by atoms with Crippen LogP contribution in [-0.2, 0) is 0 Å². The molecule has 0 aliphatic carbocycles. The molecular formula is C15H16O2Si. The van der Waals surface area contributed by atoms with Gasteiger partial charge >= 0.3 is 5.97 Å². The minimum atomic E-state index is -1.80. The Labute approximate surface area is 108 Å². The van der Waals surface area contributed by atoms with Gasteiger partial charge in [-0.1, -0.05) is 65.9 Å². The molecule has 0 unspecified atom stereocenters. The van der Waals surface area contributed by atoms with Crippen LogP contribution in [0, 0.1) is 0 Å². The van der Waals surface area contributed by atoms with Gasteiger partial charge in [-0.25, -0.2) is 4.79 Å². The van der Waals surface area contributed by atoms with E-state index in [-0.39, 0.29) is 0 Å². The number of rotatable bonds is 3. The Morgan fingerprint density at radius 2 is 1.56 bits per heavy atom. The van der Waals surface area contributed by atoms with Crippen LogP contribution in [0.1, 0.15) is 10.4 Å². The molecule has 2 aromatic carbocycles. The number of hydrogen-bond donors (Lipinski definition) is 1. The van der Waals surface area contributed by atoms with E-state index in [9.17, 15) is 4.79 Å². The van der Waals surface area contributed by atoms with Crippen molar-refractivity contribution in [2.75, 3.05) is 0 Å². The monoisotopic (exact) mass is 256 g/mol. The van der Waals surface area contributed by atoms with E-state index < -0.39 is 14.0 Å². The lowest BCUT2D eigenvalue weighted by molar-refractivity contribution is 0.0697. The fourth-order valence-corrected chi connectivity index (χ4v) is 4.45. The maximum absolute atomic E-state index is 11.0. The quantitative estimate of drug-likeness (QED) is 0.855. The maximum Gasteiger partial charge on any atom is 0.335 e. The first-order chi connectivity index (χ1) is 8.51. The molecule has 0 spiro atoms. The highest BCUT2D eigenvalue weighted by Gasteiger charge is 2.26. The van der Waals surface area contributed by atoms with Crippen LogP contribution in [0.4, 0.5) is 0 Å². The number of aromatic carboxylic acids is 1. The van der Waals surface area contributed by atoms with Gasteiger partial charge in [-0.2, -0.15) is 0 Å². The summed E-state index contributed by atoms with van der Waals surface area (Å²) in [5.74, 6) is -0.866. The first-order valence-electron chi connectivity index (χ1n) is 5.91. The second kappa shape index (κ2) is 4.78. The number of benzene rings is 2. The highest BCUT2D eigenvalue weighted by Crippen LogP contribution is 2.07. The van der Waals surface area contributed by atoms with Gasteiger partial charge in [0, 0.05) is 0 Å². The number of carboxylic acids is 1. The van der Waals surface area contributed by atoms with Gasteiger partial charge in [-0.05, 0) is 12.1 Å². The summed E-state index contributed by atoms with van der Waals surface area (Å²) in [5.41, 5.74) is 0.365. The van der Waals surface area contributed by atoms with Gasteiger partial charge in [0.05, 0.1) is 5.56 Å². The molecule has 18 heavy (non-hydrogen) atoms. The number of hydrogen-bond acceptors (Lipinski definition) is 1. The Kier molecular flexibility index (Phi) is 3.34. The normalized spacial score (nSPS) is 11.2. The summed E-state index contributed by atoms with van der Waals surface area (Å²) in [4.78, 5) is 11.0. The van der Waals surface area contributed by atoms with Gasteiger partial charge in [0.25, 0.3) is 0 Å². The summed E-state index contributed by atoms with van der Waals surface area (Å²) in [5, 5.41) is 11.5. The molecular weight excluding hydrogens is 240 g/mol. The average Bonchev–Trinajstić information content (AvgIpc) is 2.40. The Balaban J connectivity index is 2.47. The van der Waals surface area contributed by atoms with Crippen molar-refractivity contribution in [3.8, 4) is 0 Å². The number of carboxylic acid groups (broad SMARTS) is 1. The fraction of sp³-hybridized carbons (Fsp3) is 0.133. The second-order valence-electron chi connectivity index (χ2n) is 4.88. The molecule has 0 fully saturated rings. The van der Waals surface area contributed by atoms with Crippen LogP contribution in [0.3, 0.4) is 0 Å². The molecule has 0 atom stereocenters. The first-order valence-corrected chi connectivity index (χ1v) is 8.91. The molecule has 0 saturated carbocycles. The van der Waals surface area contributed by atoms with Crippen molar-refractivity contribution < 1.29 is 9.90 Å². The minimum Gasteiger partial charge on any atom is -0.478 e. The summed E-state index contributed by atoms with van der Waals surface area (Å²) >= 11 is 0. The van der Waals surface area contributed by atoms with Crippen molar-refractivity contribution in [1.82, 2.24) is 0 Å². The maximum atomic E-state index is 11.0. The third kappa shape index (κ3) is 2.36. The van der Waals surface area contributed by atoms with Crippen molar-refractivity contribution in [1.29, 1.82) is 0 Å². The predicted molar refractivity (Wildman–Crippen MR) is 76.6 cm³/mol. The molecule has 0 aliphatic rings. The van der Waals surface area contributed by atoms with Crippen molar-refractivity contribution in [2.45, 2.75) is 13.1 Å². The average molecular weight is 256 g/mol. The summed E-state index contributed by atoms with van der Waals surface area (Å²) in [6.07, 6.45) is 0. The fourth-order valence-electron chi connectivity index (χ4n) is 2.06. The molecule has 3 heteroatoms. The highest BCUT2D eigenvalue weighted by molar-refractivity contribution is 7.00. The van der Waals surface area contributed by atoms with E-state index in [1.165, 1.54) is 5.19 Å². The van der Waals surface area contributed by atoms with E-state index >= 15 is 0 Å². The van der Waals surface area contributed by atoms with Crippen LogP contribution in [0.15, 0.2) is 54.6 Å². The van der Waals surface area contributed by atoms with Crippen LogP contribution in [0.2, 0.25) is 13.1 Å². The molecule has 0 aromatic heterocycles. The molecule has 0 saturated heterocycles. The van der Waals surface area contributed by atoms with Crippen LogP contribution in [0.5, 0.6) is 0 Å². The van der Waals surface area contributed by atoms with E-state index in [2.05, 4.69) is 25.2 Å². The van der Waals surface area contributed by atoms with E-state index in [0.29, 0.717) is 5.56 Å². The zero-order valence-corrected chi connectivity index (χ0v) is 11.6. The zero-order chi connectivity index (χ0) is 13.2. The minimum absolute atomic E-state index is 0.365. The molecule has 2 rings (SSSR count). The summed E-state index contributed by atoms with van der Waals surface area (Å²) in [6, 6.07) is 17.6. The summed E-state index contributed by atoms with van der Waals surface area (Å²) in [7, 11) is -1.80. The van der Waals surface area contributed by atoms with Gasteiger partial charge in [-0.3, -0.25) is 0 Å². The molecule has 0 radical (unpaired) electrons. The summed E-state index contributed by atoms with van der Waals surface area (Å²) in [6.45, 7) is 4.48. The topological polar surface area (TPSA) is 37.3 Å². The van der Waals surface area contributed by atoms with Gasteiger partial charge < -0.3 is 5.11 Å². The van der Waals surface area contributed by atoms with Crippen LogP contribution in [-0.4, -0.2) is 19.1 Å². The van der Waals surface area contributed by atoms with E-state index in [1.54, 1.807) is 6.07 Å². The Morgan fingerprint density at radius 1 is 0.944 bits per heavy atom. The smallest absolute Gasteiger partial charge is 0.335 e. The van der Waals surface area contributed by atoms with Crippen molar-refractivity contribution in [3.05, 3.63) is 60.2 Å². The molecule has 1 N–H and O–H groups in total. The predicted octanol–water partition coefficient (Wildman–Crippen LogP) is 2.21. The standard InChI is InChI=1S/C15H16O2Si/c1-18(2,13-8-4-3-5-9-13)14-10-6-7-12(11-14)15(16)17/h3-11H,1-2H3,(H,16,17). The Bertz CT molecular complexity index is 562. The van der Waals surface area contributed by atoms with Crippen molar-refractivity contribution >= 4 is 24.4 Å². The van der Waals surface area contributed by atoms with Crippen molar-refractivity contribution in [3.63, 3.8) is 0 Å². The lowest BCUT2D eigenvalue weighted by atomic mass is 10.2. The molecule has 92 valence electrons. The van der Waals surface area contributed by atoms with Gasteiger partial charge in [0.15, 0.2) is 0 Å². The lowest BCUT2D eigenvalue weighted by Crippen LogP contribution is -2.52. The molecule has 2 aromatic rings. The molecule has 0 aliphatic heterocycles. The molecule has 2 nitrogen and oxygen atoms in total. The van der Waals surface area contributed by atoms with E-state index in [4.69, 9.17) is 5.11 Å². The van der Waals surface area contributed by atoms with Gasteiger partial charge in [0.2, 0.25) is 0 Å². The van der Waals surface area contributed by atoms with E-state index in [0.717, 1.165) is 5.19 Å². The van der Waals surface area contributed by atoms with E-state index in [1.807, 2.05) is 36.4 Å². The summed E-state index contributed by atoms with van der Waals surface area (Å²) < 4.78 is 0. The Morgan fingerprint density at radius 3 is 2.17 bits per heavy atom. The van der Waals surface area contributed by atoms with Crippen molar-refractivity contribution in [2.24, 2.45) is 0 Å². The highest BCUT2D eigenvalue weighted by atomic mass is 28.3. The second-order valence-corrected chi connectivity index (χ2v) is 9.28. The molecule has 0 heterocycles. The Hall–Kier alpha value is -1.87. The zero-order valence-electron chi connectivity index (χ0n) is 10.6. The van der Waals surface area contributed by atoms with Crippen LogP contribution in [0.25, 0.3) is 0 Å². The largest absolute Gasteiger partial charge is 0.478 e. The molecule has 0 amide bonds.